The van der Waals surface area contributed by atoms with E-state index in [0.29, 0.717) is 5.92 Å². The Morgan fingerprint density at radius 3 is 2.79 bits per heavy atom. The molecule has 0 aromatic rings. The van der Waals surface area contributed by atoms with Crippen LogP contribution in [0, 0.1) is 11.8 Å². The predicted molar refractivity (Wildman–Crippen MR) is 77.7 cm³/mol. The molecule has 3 nitrogen and oxygen atoms in total. The third-order valence-electron chi connectivity index (χ3n) is 4.11. The first-order valence-corrected chi connectivity index (χ1v) is 6.98. The summed E-state index contributed by atoms with van der Waals surface area (Å²) in [6.45, 7) is 6.66. The van der Waals surface area contributed by atoms with Crippen molar-refractivity contribution in [1.29, 1.82) is 0 Å². The summed E-state index contributed by atoms with van der Waals surface area (Å²) in [5.74, 6) is 0.669. The van der Waals surface area contributed by atoms with Gasteiger partial charge in [0, 0.05) is 26.4 Å². The lowest BCUT2D eigenvalue weighted by molar-refractivity contribution is -0.127. The van der Waals surface area contributed by atoms with Gasteiger partial charge in [0.05, 0.1) is 0 Å². The van der Waals surface area contributed by atoms with E-state index in [0.717, 1.165) is 32.1 Å². The van der Waals surface area contributed by atoms with Crippen molar-refractivity contribution in [2.75, 3.05) is 13.6 Å². The van der Waals surface area contributed by atoms with Crippen molar-refractivity contribution in [2.24, 2.45) is 11.8 Å². The zero-order valence-electron chi connectivity index (χ0n) is 12.5. The second-order valence-corrected chi connectivity index (χ2v) is 5.57. The van der Waals surface area contributed by atoms with Gasteiger partial charge in [-0.15, -0.1) is 0 Å². The van der Waals surface area contributed by atoms with Gasteiger partial charge in [0.15, 0.2) is 0 Å². The van der Waals surface area contributed by atoms with Crippen molar-refractivity contribution in [3.05, 3.63) is 23.3 Å². The minimum atomic E-state index is 0.0992. The van der Waals surface area contributed by atoms with Crippen LogP contribution in [0.25, 0.3) is 0 Å². The van der Waals surface area contributed by atoms with Gasteiger partial charge in [-0.25, -0.2) is 0 Å². The smallest absolute Gasteiger partial charge is 0.219 e. The molecule has 2 atom stereocenters. The molecule has 1 aliphatic carbocycles. The molecular weight excluding hydrogens is 238 g/mol. The van der Waals surface area contributed by atoms with Crippen LogP contribution in [0.5, 0.6) is 0 Å². The highest BCUT2D eigenvalue weighted by atomic mass is 16.2. The fourth-order valence-electron chi connectivity index (χ4n) is 2.40. The van der Waals surface area contributed by atoms with Gasteiger partial charge >= 0.3 is 0 Å². The molecule has 0 bridgehead atoms. The first kappa shape index (κ1) is 15.7. The van der Waals surface area contributed by atoms with Crippen LogP contribution >= 0.6 is 0 Å². The van der Waals surface area contributed by atoms with Crippen molar-refractivity contribution in [2.45, 2.75) is 40.0 Å². The fraction of sp³-hybridized carbons (Fsp3) is 0.625. The summed E-state index contributed by atoms with van der Waals surface area (Å²) in [7, 11) is 1.83. The first-order chi connectivity index (χ1) is 8.95. The molecule has 0 aliphatic heterocycles. The van der Waals surface area contributed by atoms with Gasteiger partial charge in [0.1, 0.15) is 6.29 Å². The van der Waals surface area contributed by atoms with Gasteiger partial charge in [-0.05, 0) is 37.7 Å². The standard InChI is InChI=1S/C16H25NO2/c1-12-10-15(11-18)6-5-7-16(13(12)2)8-9-17(4)14(3)19/h5,7,11-12,15H,6,8-10H2,1-4H3/t12-,15+/m1/s1. The summed E-state index contributed by atoms with van der Waals surface area (Å²) >= 11 is 0. The van der Waals surface area contributed by atoms with Crippen LogP contribution in [0.2, 0.25) is 0 Å². The van der Waals surface area contributed by atoms with E-state index < -0.39 is 0 Å². The minimum Gasteiger partial charge on any atom is -0.346 e. The quantitative estimate of drug-likeness (QED) is 0.731. The SMILES string of the molecule is CC(=O)N(C)CCC1=C(C)[C@H](C)C[C@@H](C=O)CC=C1. The molecule has 0 heterocycles. The van der Waals surface area contributed by atoms with Gasteiger partial charge < -0.3 is 9.69 Å². The van der Waals surface area contributed by atoms with Crippen LogP contribution in [-0.4, -0.2) is 30.7 Å². The van der Waals surface area contributed by atoms with Crippen LogP contribution < -0.4 is 0 Å². The molecule has 0 saturated heterocycles. The highest BCUT2D eigenvalue weighted by molar-refractivity contribution is 5.72. The Hall–Kier alpha value is -1.38. The van der Waals surface area contributed by atoms with Crippen LogP contribution in [0.3, 0.4) is 0 Å². The summed E-state index contributed by atoms with van der Waals surface area (Å²) in [5.41, 5.74) is 2.66. The van der Waals surface area contributed by atoms with E-state index in [2.05, 4.69) is 26.0 Å². The molecule has 0 fully saturated rings. The molecule has 0 unspecified atom stereocenters. The maximum Gasteiger partial charge on any atom is 0.219 e. The highest BCUT2D eigenvalue weighted by Crippen LogP contribution is 2.28. The third kappa shape index (κ3) is 4.66. The van der Waals surface area contributed by atoms with Crippen LogP contribution in [0.1, 0.15) is 40.0 Å². The lowest BCUT2D eigenvalue weighted by atomic mass is 9.84. The van der Waals surface area contributed by atoms with Crippen LogP contribution in [0.4, 0.5) is 0 Å². The monoisotopic (exact) mass is 263 g/mol. The molecule has 0 radical (unpaired) electrons. The second kappa shape index (κ2) is 7.27. The topological polar surface area (TPSA) is 37.4 Å². The lowest BCUT2D eigenvalue weighted by Gasteiger charge is -2.23. The fourth-order valence-corrected chi connectivity index (χ4v) is 2.40. The summed E-state index contributed by atoms with van der Waals surface area (Å²) < 4.78 is 0. The molecule has 0 aromatic heterocycles. The summed E-state index contributed by atoms with van der Waals surface area (Å²) in [6, 6.07) is 0. The summed E-state index contributed by atoms with van der Waals surface area (Å²) in [6.07, 6.45) is 7.93. The number of carbonyl (C=O) groups is 2. The normalized spacial score (nSPS) is 23.8. The van der Waals surface area contributed by atoms with E-state index >= 15 is 0 Å². The molecule has 1 aliphatic rings. The molecule has 3 heteroatoms. The number of hydrogen-bond donors (Lipinski definition) is 0. The lowest BCUT2D eigenvalue weighted by Crippen LogP contribution is -2.25. The Labute approximate surface area is 116 Å². The van der Waals surface area contributed by atoms with Gasteiger partial charge in [-0.1, -0.05) is 24.6 Å². The summed E-state index contributed by atoms with van der Waals surface area (Å²) in [5, 5.41) is 0. The van der Waals surface area contributed by atoms with E-state index in [1.807, 2.05) is 7.05 Å². The molecule has 0 aromatic carbocycles. The highest BCUT2D eigenvalue weighted by Gasteiger charge is 2.17. The molecule has 106 valence electrons. The number of allylic oxidation sites excluding steroid dienone is 3. The van der Waals surface area contributed by atoms with Crippen molar-refractivity contribution >= 4 is 12.2 Å². The van der Waals surface area contributed by atoms with E-state index in [9.17, 15) is 9.59 Å². The summed E-state index contributed by atoms with van der Waals surface area (Å²) in [4.78, 5) is 23.9. The number of hydrogen-bond acceptors (Lipinski definition) is 2. The second-order valence-electron chi connectivity index (χ2n) is 5.57. The average Bonchev–Trinajstić information content (AvgIpc) is 2.38. The van der Waals surface area contributed by atoms with Crippen LogP contribution in [-0.2, 0) is 9.59 Å². The third-order valence-corrected chi connectivity index (χ3v) is 4.11. The predicted octanol–water partition coefficient (Wildman–Crippen LogP) is 2.97. The molecule has 0 spiro atoms. The molecule has 1 rings (SSSR count). The van der Waals surface area contributed by atoms with Gasteiger partial charge in [0.25, 0.3) is 0 Å². The van der Waals surface area contributed by atoms with E-state index in [-0.39, 0.29) is 11.8 Å². The van der Waals surface area contributed by atoms with Crippen molar-refractivity contribution in [3.63, 3.8) is 0 Å². The van der Waals surface area contributed by atoms with Crippen molar-refractivity contribution in [3.8, 4) is 0 Å². The van der Waals surface area contributed by atoms with Crippen molar-refractivity contribution < 1.29 is 9.59 Å². The number of amides is 1. The molecule has 0 N–H and O–H groups in total. The number of rotatable bonds is 4. The van der Waals surface area contributed by atoms with E-state index in [1.54, 1.807) is 11.8 Å². The Kier molecular flexibility index (Phi) is 6.00. The number of nitrogens with zero attached hydrogens (tertiary/aromatic N) is 1. The molecular formula is C16H25NO2. The van der Waals surface area contributed by atoms with Crippen molar-refractivity contribution in [1.82, 2.24) is 4.90 Å². The van der Waals surface area contributed by atoms with Gasteiger partial charge in [0.2, 0.25) is 5.91 Å². The Balaban J connectivity index is 2.75. The molecule has 1 amide bonds. The minimum absolute atomic E-state index is 0.0992. The largest absolute Gasteiger partial charge is 0.346 e. The number of aldehydes is 1. The average molecular weight is 263 g/mol. The Morgan fingerprint density at radius 2 is 2.21 bits per heavy atom. The molecule has 0 saturated carbocycles. The number of carbonyl (C=O) groups excluding carboxylic acids is 2. The molecule has 19 heavy (non-hydrogen) atoms. The van der Waals surface area contributed by atoms with E-state index in [1.165, 1.54) is 11.1 Å². The maximum absolute atomic E-state index is 11.2. The first-order valence-electron chi connectivity index (χ1n) is 6.98. The van der Waals surface area contributed by atoms with Gasteiger partial charge in [-0.2, -0.15) is 0 Å². The van der Waals surface area contributed by atoms with Gasteiger partial charge in [-0.3, -0.25) is 4.79 Å². The van der Waals surface area contributed by atoms with Crippen LogP contribution in [0.15, 0.2) is 23.3 Å². The maximum atomic E-state index is 11.2. The zero-order valence-corrected chi connectivity index (χ0v) is 12.5. The Bertz CT molecular complexity index is 396. The zero-order chi connectivity index (χ0) is 14.4. The van der Waals surface area contributed by atoms with E-state index in [4.69, 9.17) is 0 Å². The Morgan fingerprint density at radius 1 is 1.53 bits per heavy atom.